The van der Waals surface area contributed by atoms with Gasteiger partial charge in [-0.15, -0.1) is 0 Å². The average Bonchev–Trinajstić information content (AvgIpc) is 3.29. The number of nitrogens with two attached hydrogens (primary N) is 1. The number of aromatic amines is 1. The summed E-state index contributed by atoms with van der Waals surface area (Å²) in [6, 6.07) is 18.8. The van der Waals surface area contributed by atoms with Crippen molar-refractivity contribution < 1.29 is 18.8 Å². The zero-order chi connectivity index (χ0) is 26.1. The van der Waals surface area contributed by atoms with E-state index in [1.54, 1.807) is 31.2 Å². The van der Waals surface area contributed by atoms with Crippen molar-refractivity contribution in [2.75, 3.05) is 6.54 Å². The Kier molecular flexibility index (Phi) is 9.07. The fraction of sp³-hybridized carbons (Fsp3) is 0.111. The summed E-state index contributed by atoms with van der Waals surface area (Å²) in [6.45, 7) is 1.72. The molecular formula is C27H24ClFN4O3. The number of pyridine rings is 1. The first kappa shape index (κ1) is 26.3. The van der Waals surface area contributed by atoms with Gasteiger partial charge in [-0.2, -0.15) is 0 Å². The Morgan fingerprint density at radius 3 is 2.31 bits per heavy atom. The number of benzene rings is 2. The number of hydrogen-bond donors (Lipinski definition) is 3. The number of carbonyl (C=O) groups excluding carboxylic acids is 3. The summed E-state index contributed by atoms with van der Waals surface area (Å²) in [4.78, 5) is 43.4. The molecule has 0 radical (unpaired) electrons. The Bertz CT molecular complexity index is 1340. The van der Waals surface area contributed by atoms with Gasteiger partial charge in [0.2, 0.25) is 11.7 Å². The molecule has 2 amide bonds. The van der Waals surface area contributed by atoms with E-state index in [2.05, 4.69) is 15.3 Å². The van der Waals surface area contributed by atoms with Crippen LogP contribution in [0.15, 0.2) is 79.1 Å². The van der Waals surface area contributed by atoms with Gasteiger partial charge in [0.05, 0.1) is 11.3 Å². The van der Waals surface area contributed by atoms with E-state index in [1.165, 1.54) is 24.5 Å². The minimum Gasteiger partial charge on any atom is -0.370 e. The number of rotatable bonds is 7. The van der Waals surface area contributed by atoms with Gasteiger partial charge in [0, 0.05) is 41.5 Å². The van der Waals surface area contributed by atoms with Crippen LogP contribution in [0.5, 0.6) is 0 Å². The quantitative estimate of drug-likeness (QED) is 0.315. The van der Waals surface area contributed by atoms with Gasteiger partial charge >= 0.3 is 0 Å². The van der Waals surface area contributed by atoms with Gasteiger partial charge in [-0.25, -0.2) is 4.39 Å². The molecule has 0 saturated carbocycles. The number of halogens is 2. The van der Waals surface area contributed by atoms with Crippen molar-refractivity contribution in [1.29, 1.82) is 0 Å². The number of aromatic nitrogens is 2. The molecule has 0 unspecified atom stereocenters. The van der Waals surface area contributed by atoms with E-state index in [0.29, 0.717) is 5.56 Å². The Hall–Kier alpha value is -4.30. The molecule has 4 N–H and O–H groups in total. The van der Waals surface area contributed by atoms with Gasteiger partial charge in [0.1, 0.15) is 11.5 Å². The lowest BCUT2D eigenvalue weighted by atomic mass is 9.94. The highest BCUT2D eigenvalue weighted by Gasteiger charge is 2.27. The molecule has 0 fully saturated rings. The van der Waals surface area contributed by atoms with Gasteiger partial charge in [-0.3, -0.25) is 19.4 Å². The number of primary amides is 1. The molecule has 0 atom stereocenters. The number of hydrogen-bond acceptors (Lipinski definition) is 4. The van der Waals surface area contributed by atoms with Crippen LogP contribution < -0.4 is 11.1 Å². The molecule has 2 aromatic carbocycles. The molecule has 2 heterocycles. The fourth-order valence-electron chi connectivity index (χ4n) is 3.42. The lowest BCUT2D eigenvalue weighted by molar-refractivity contribution is -0.117. The number of nitrogens with zero attached hydrogens (tertiary/aromatic N) is 1. The van der Waals surface area contributed by atoms with Crippen LogP contribution in [0.25, 0.3) is 11.1 Å². The molecule has 7 nitrogen and oxygen atoms in total. The van der Waals surface area contributed by atoms with E-state index in [1.807, 2.05) is 30.3 Å². The molecule has 0 aliphatic rings. The Morgan fingerprint density at radius 1 is 1.00 bits per heavy atom. The van der Waals surface area contributed by atoms with E-state index < -0.39 is 23.4 Å². The van der Waals surface area contributed by atoms with Crippen molar-refractivity contribution in [3.63, 3.8) is 0 Å². The molecule has 2 aromatic heterocycles. The maximum Gasteiger partial charge on any atom is 0.253 e. The summed E-state index contributed by atoms with van der Waals surface area (Å²) in [5, 5.41) is 3.36. The van der Waals surface area contributed by atoms with Gasteiger partial charge in [0.15, 0.2) is 0 Å². The summed E-state index contributed by atoms with van der Waals surface area (Å²) in [5.74, 6) is -2.15. The van der Waals surface area contributed by atoms with Crippen molar-refractivity contribution in [1.82, 2.24) is 15.3 Å². The fourth-order valence-corrected chi connectivity index (χ4v) is 3.57. The summed E-state index contributed by atoms with van der Waals surface area (Å²) in [5.41, 5.74) is 6.24. The predicted octanol–water partition coefficient (Wildman–Crippen LogP) is 4.70. The van der Waals surface area contributed by atoms with Gasteiger partial charge in [-0.05, 0) is 42.8 Å². The van der Waals surface area contributed by atoms with Gasteiger partial charge in [0.25, 0.3) is 5.91 Å². The molecule has 184 valence electrons. The molecule has 0 saturated heterocycles. The minimum atomic E-state index is -0.564. The smallest absolute Gasteiger partial charge is 0.253 e. The van der Waals surface area contributed by atoms with Crippen LogP contribution in [0.2, 0.25) is 5.02 Å². The number of amides is 2. The highest BCUT2D eigenvalue weighted by molar-refractivity contribution is 6.30. The average molecular weight is 507 g/mol. The van der Waals surface area contributed by atoms with Crippen LogP contribution >= 0.6 is 11.6 Å². The van der Waals surface area contributed by atoms with Crippen molar-refractivity contribution in [2.24, 2.45) is 5.73 Å². The Morgan fingerprint density at radius 2 is 1.72 bits per heavy atom. The number of ketones is 1. The SMILES string of the molecule is Cc1cccc(F)c1-c1c(C(=O)NCCC(N)=O)c[nH]c1C(=O)c1ccccn1.Clc1ccccc1. The lowest BCUT2D eigenvalue weighted by Gasteiger charge is -2.11. The highest BCUT2D eigenvalue weighted by Crippen LogP contribution is 2.33. The first-order chi connectivity index (χ1) is 17.3. The third-order valence-corrected chi connectivity index (χ3v) is 5.36. The Balaban J connectivity index is 0.000000444. The summed E-state index contributed by atoms with van der Waals surface area (Å²) >= 11 is 5.54. The minimum absolute atomic E-state index is 0.0264. The topological polar surface area (TPSA) is 118 Å². The van der Waals surface area contributed by atoms with E-state index >= 15 is 0 Å². The third kappa shape index (κ3) is 6.64. The monoisotopic (exact) mass is 506 g/mol. The van der Waals surface area contributed by atoms with Crippen LogP contribution in [-0.4, -0.2) is 34.1 Å². The Labute approximate surface area is 212 Å². The zero-order valence-electron chi connectivity index (χ0n) is 19.4. The number of H-pyrrole nitrogens is 1. The molecule has 4 aromatic rings. The van der Waals surface area contributed by atoms with E-state index in [0.717, 1.165) is 5.02 Å². The summed E-state index contributed by atoms with van der Waals surface area (Å²) in [7, 11) is 0. The number of carbonyl (C=O) groups is 3. The van der Waals surface area contributed by atoms with Crippen LogP contribution in [0.3, 0.4) is 0 Å². The van der Waals surface area contributed by atoms with Crippen molar-refractivity contribution in [2.45, 2.75) is 13.3 Å². The number of nitrogens with one attached hydrogen (secondary N) is 2. The second kappa shape index (κ2) is 12.4. The van der Waals surface area contributed by atoms with Crippen molar-refractivity contribution in [3.8, 4) is 11.1 Å². The van der Waals surface area contributed by atoms with Crippen LogP contribution in [0, 0.1) is 12.7 Å². The summed E-state index contributed by atoms with van der Waals surface area (Å²) in [6.07, 6.45) is 2.78. The predicted molar refractivity (Wildman–Crippen MR) is 136 cm³/mol. The zero-order valence-corrected chi connectivity index (χ0v) is 20.2. The summed E-state index contributed by atoms with van der Waals surface area (Å²) < 4.78 is 14.7. The van der Waals surface area contributed by atoms with Gasteiger partial charge < -0.3 is 16.0 Å². The molecule has 36 heavy (non-hydrogen) atoms. The normalized spacial score (nSPS) is 10.2. The standard InChI is InChI=1S/C21H19FN4O3.C6H5Cl/c1-12-5-4-6-14(22)17(12)18-13(21(29)25-10-8-16(23)27)11-26-19(18)20(28)15-7-2-3-9-24-15;7-6-4-2-1-3-5-6/h2-7,9,11,26H,8,10H2,1H3,(H2,23,27)(H,25,29);1-5H. The van der Waals surface area contributed by atoms with Crippen molar-refractivity contribution in [3.05, 3.63) is 112 Å². The molecule has 0 spiro atoms. The van der Waals surface area contributed by atoms with Crippen LogP contribution in [0.4, 0.5) is 4.39 Å². The van der Waals surface area contributed by atoms with E-state index in [9.17, 15) is 18.8 Å². The van der Waals surface area contributed by atoms with E-state index in [-0.39, 0.29) is 41.0 Å². The third-order valence-electron chi connectivity index (χ3n) is 5.11. The molecular weight excluding hydrogens is 483 g/mol. The maximum atomic E-state index is 14.7. The van der Waals surface area contributed by atoms with Gasteiger partial charge in [-0.1, -0.05) is 48.0 Å². The first-order valence-corrected chi connectivity index (χ1v) is 11.4. The molecule has 9 heteroatoms. The lowest BCUT2D eigenvalue weighted by Crippen LogP contribution is -2.28. The first-order valence-electron chi connectivity index (χ1n) is 11.0. The largest absolute Gasteiger partial charge is 0.370 e. The second-order valence-corrected chi connectivity index (χ2v) is 8.13. The molecule has 4 rings (SSSR count). The van der Waals surface area contributed by atoms with Crippen LogP contribution in [-0.2, 0) is 4.79 Å². The van der Waals surface area contributed by atoms with Crippen LogP contribution in [0.1, 0.15) is 38.5 Å². The maximum absolute atomic E-state index is 14.7. The highest BCUT2D eigenvalue weighted by atomic mass is 35.5. The van der Waals surface area contributed by atoms with Crippen molar-refractivity contribution >= 4 is 29.2 Å². The molecule has 0 aliphatic carbocycles. The molecule has 0 aliphatic heterocycles. The van der Waals surface area contributed by atoms with E-state index in [4.69, 9.17) is 17.3 Å². The number of aryl methyl sites for hydroxylation is 1. The second-order valence-electron chi connectivity index (χ2n) is 7.70. The molecule has 0 bridgehead atoms.